The molecule has 1 aliphatic carbocycles. The molecule has 33 heavy (non-hydrogen) atoms. The van der Waals surface area contributed by atoms with Gasteiger partial charge in [0.05, 0.1) is 33.0 Å². The van der Waals surface area contributed by atoms with Crippen molar-refractivity contribution in [2.75, 3.05) is 18.8 Å². The van der Waals surface area contributed by atoms with Crippen LogP contribution in [0.4, 0.5) is 18.2 Å². The monoisotopic (exact) mass is 478 g/mol. The second-order valence-corrected chi connectivity index (χ2v) is 9.86. The van der Waals surface area contributed by atoms with E-state index >= 15 is 0 Å². The Labute approximate surface area is 191 Å². The lowest BCUT2D eigenvalue weighted by atomic mass is 9.82. The van der Waals surface area contributed by atoms with Crippen LogP contribution >= 0.6 is 11.3 Å². The Morgan fingerprint density at radius 3 is 2.55 bits per heavy atom. The summed E-state index contributed by atoms with van der Waals surface area (Å²) in [4.78, 5) is 40.4. The van der Waals surface area contributed by atoms with Crippen LogP contribution < -0.4 is 10.5 Å². The van der Waals surface area contributed by atoms with Crippen molar-refractivity contribution in [3.63, 3.8) is 0 Å². The van der Waals surface area contributed by atoms with Gasteiger partial charge in [0.15, 0.2) is 11.6 Å². The number of hydrogen-bond donors (Lipinski definition) is 1. The first-order chi connectivity index (χ1) is 15.6. The molecule has 0 unspecified atom stereocenters. The molecule has 2 aromatic rings. The maximum Gasteiger partial charge on any atom is 0.416 e. The molecular weight excluding hydrogens is 457 g/mol. The smallest absolute Gasteiger partial charge is 0.416 e. The van der Waals surface area contributed by atoms with Crippen molar-refractivity contribution < 1.29 is 32.3 Å². The molecule has 0 atom stereocenters. The van der Waals surface area contributed by atoms with E-state index < -0.39 is 23.1 Å². The molecular formula is C23H21F3N2O4S. The van der Waals surface area contributed by atoms with Crippen LogP contribution in [0.15, 0.2) is 18.2 Å². The lowest BCUT2D eigenvalue weighted by Crippen LogP contribution is -2.52. The van der Waals surface area contributed by atoms with Crippen LogP contribution in [0.25, 0.3) is 0 Å². The number of nitrogen functional groups attached to an aromatic ring is 1. The van der Waals surface area contributed by atoms with Gasteiger partial charge < -0.3 is 15.4 Å². The van der Waals surface area contributed by atoms with Crippen molar-refractivity contribution in [2.24, 2.45) is 0 Å². The number of benzene rings is 1. The first-order valence-corrected chi connectivity index (χ1v) is 11.6. The number of carbonyl (C=O) groups is 3. The summed E-state index contributed by atoms with van der Waals surface area (Å²) in [6.45, 7) is 0.639. The van der Waals surface area contributed by atoms with Crippen molar-refractivity contribution in [3.05, 3.63) is 45.3 Å². The summed E-state index contributed by atoms with van der Waals surface area (Å²) in [7, 11) is 0. The Hall–Kier alpha value is -2.88. The zero-order chi connectivity index (χ0) is 23.5. The second kappa shape index (κ2) is 7.58. The van der Waals surface area contributed by atoms with Gasteiger partial charge >= 0.3 is 6.18 Å². The zero-order valence-corrected chi connectivity index (χ0v) is 18.4. The number of anilines is 1. The Balaban J connectivity index is 1.33. The highest BCUT2D eigenvalue weighted by atomic mass is 32.1. The van der Waals surface area contributed by atoms with Crippen LogP contribution in [0.2, 0.25) is 0 Å². The van der Waals surface area contributed by atoms with Gasteiger partial charge in [0.1, 0.15) is 11.4 Å². The average molecular weight is 478 g/mol. The molecule has 1 spiro atoms. The van der Waals surface area contributed by atoms with Crippen molar-refractivity contribution in [1.29, 1.82) is 0 Å². The number of carbonyl (C=O) groups excluding carboxylic acids is 3. The van der Waals surface area contributed by atoms with Gasteiger partial charge in [-0.3, -0.25) is 14.4 Å². The molecule has 0 bridgehead atoms. The van der Waals surface area contributed by atoms with Gasteiger partial charge in [0.2, 0.25) is 0 Å². The van der Waals surface area contributed by atoms with E-state index in [9.17, 15) is 27.6 Å². The van der Waals surface area contributed by atoms with Gasteiger partial charge in [0, 0.05) is 32.4 Å². The topological polar surface area (TPSA) is 89.7 Å². The molecule has 2 N–H and O–H groups in total. The molecule has 1 amide bonds. The van der Waals surface area contributed by atoms with Crippen LogP contribution in [0.1, 0.15) is 73.6 Å². The maximum absolute atomic E-state index is 13.3. The number of Topliss-reactive ketones (excluding diaryl/α,β-unsaturated/α-hetero) is 2. The van der Waals surface area contributed by atoms with Gasteiger partial charge in [-0.05, 0) is 36.6 Å². The normalized spacial score (nSPS) is 19.8. The quantitative estimate of drug-likeness (QED) is 0.652. The standard InChI is InChI=1S/C23H21F3N2O4S/c24-23(25,26)12-4-5-17-14(10-12)16(30)11-22(32-17)6-8-28(9-7-22)21(31)18-13-2-1-3-15(29)19(13)33-20(18)27/h4-5,10H,1-3,6-9,11,27H2. The Bertz CT molecular complexity index is 1180. The SMILES string of the molecule is Nc1sc2c(c1C(=O)N1CCC3(CC1)CC(=O)c1cc(C(F)(F)F)ccc1O3)CCCC2=O. The molecule has 10 heteroatoms. The zero-order valence-electron chi connectivity index (χ0n) is 17.6. The molecule has 0 radical (unpaired) electrons. The van der Waals surface area contributed by atoms with E-state index in [0.29, 0.717) is 60.6 Å². The highest BCUT2D eigenvalue weighted by Gasteiger charge is 2.45. The minimum atomic E-state index is -4.54. The lowest BCUT2D eigenvalue weighted by Gasteiger charge is -2.44. The first kappa shape index (κ1) is 21.9. The average Bonchev–Trinajstić information content (AvgIpc) is 3.10. The maximum atomic E-state index is 13.3. The first-order valence-electron chi connectivity index (χ1n) is 10.7. The summed E-state index contributed by atoms with van der Waals surface area (Å²) < 4.78 is 45.1. The number of alkyl halides is 3. The summed E-state index contributed by atoms with van der Waals surface area (Å²) in [5, 5.41) is 0.346. The number of piperidine rings is 1. The van der Waals surface area contributed by atoms with Crippen LogP contribution in [-0.4, -0.2) is 41.1 Å². The van der Waals surface area contributed by atoms with E-state index in [1.54, 1.807) is 4.90 Å². The predicted octanol–water partition coefficient (Wildman–Crippen LogP) is 4.51. The third-order valence-electron chi connectivity index (χ3n) is 6.71. The number of hydrogen-bond acceptors (Lipinski definition) is 6. The molecule has 1 saturated heterocycles. The number of rotatable bonds is 1. The van der Waals surface area contributed by atoms with Crippen LogP contribution in [-0.2, 0) is 12.6 Å². The highest BCUT2D eigenvalue weighted by molar-refractivity contribution is 7.18. The minimum absolute atomic E-state index is 0.0195. The van der Waals surface area contributed by atoms with Crippen molar-refractivity contribution >= 4 is 33.8 Å². The second-order valence-electron chi connectivity index (χ2n) is 8.81. The number of ether oxygens (including phenoxy) is 1. The van der Waals surface area contributed by atoms with Gasteiger partial charge in [-0.15, -0.1) is 11.3 Å². The molecule has 3 heterocycles. The Morgan fingerprint density at radius 1 is 1.12 bits per heavy atom. The Kier molecular flexibility index (Phi) is 5.04. The number of likely N-dealkylation sites (tertiary alicyclic amines) is 1. The van der Waals surface area contributed by atoms with Crippen molar-refractivity contribution in [1.82, 2.24) is 4.90 Å². The van der Waals surface area contributed by atoms with Crippen LogP contribution in [0, 0.1) is 0 Å². The third-order valence-corrected chi connectivity index (χ3v) is 7.81. The molecule has 174 valence electrons. The van der Waals surface area contributed by atoms with Gasteiger partial charge in [-0.25, -0.2) is 0 Å². The number of ketones is 2. The number of halogens is 3. The summed E-state index contributed by atoms with van der Waals surface area (Å²) in [5.74, 6) is -0.455. The fourth-order valence-electron chi connectivity index (χ4n) is 4.95. The van der Waals surface area contributed by atoms with E-state index in [-0.39, 0.29) is 29.4 Å². The predicted molar refractivity (Wildman–Crippen MR) is 115 cm³/mol. The summed E-state index contributed by atoms with van der Waals surface area (Å²) in [5.41, 5.74) is 5.46. The van der Waals surface area contributed by atoms with Crippen molar-refractivity contribution in [3.8, 4) is 5.75 Å². The molecule has 1 aromatic carbocycles. The largest absolute Gasteiger partial charge is 0.486 e. The number of amides is 1. The fourth-order valence-corrected chi connectivity index (χ4v) is 6.02. The molecule has 5 rings (SSSR count). The van der Waals surface area contributed by atoms with Gasteiger partial charge in [0.25, 0.3) is 5.91 Å². The van der Waals surface area contributed by atoms with Crippen LogP contribution in [0.5, 0.6) is 5.75 Å². The van der Waals surface area contributed by atoms with E-state index in [0.717, 1.165) is 17.7 Å². The number of nitrogens with two attached hydrogens (primary N) is 1. The molecule has 3 aliphatic rings. The lowest BCUT2D eigenvalue weighted by molar-refractivity contribution is -0.137. The fraction of sp³-hybridized carbons (Fsp3) is 0.435. The van der Waals surface area contributed by atoms with E-state index in [2.05, 4.69) is 0 Å². The molecule has 6 nitrogen and oxygen atoms in total. The molecule has 0 saturated carbocycles. The van der Waals surface area contributed by atoms with Crippen molar-refractivity contribution in [2.45, 2.75) is 50.3 Å². The summed E-state index contributed by atoms with van der Waals surface area (Å²) >= 11 is 1.17. The van der Waals surface area contributed by atoms with E-state index in [4.69, 9.17) is 10.5 Å². The number of nitrogens with zero attached hydrogens (tertiary/aromatic N) is 1. The minimum Gasteiger partial charge on any atom is -0.486 e. The summed E-state index contributed by atoms with van der Waals surface area (Å²) in [6.07, 6.45) is -2.04. The molecule has 1 aromatic heterocycles. The van der Waals surface area contributed by atoms with Crippen LogP contribution in [0.3, 0.4) is 0 Å². The van der Waals surface area contributed by atoms with Gasteiger partial charge in [-0.1, -0.05) is 0 Å². The van der Waals surface area contributed by atoms with Gasteiger partial charge in [-0.2, -0.15) is 13.2 Å². The highest BCUT2D eigenvalue weighted by Crippen LogP contribution is 2.43. The van der Waals surface area contributed by atoms with E-state index in [1.807, 2.05) is 0 Å². The molecule has 2 aliphatic heterocycles. The summed E-state index contributed by atoms with van der Waals surface area (Å²) in [6, 6.07) is 2.95. The Morgan fingerprint density at radius 2 is 1.85 bits per heavy atom. The van der Waals surface area contributed by atoms with E-state index in [1.165, 1.54) is 17.4 Å². The number of thiophene rings is 1. The number of fused-ring (bicyclic) bond motifs is 2. The third kappa shape index (κ3) is 3.70. The molecule has 1 fully saturated rings.